The number of carboxylic acid groups (broad SMARTS) is 1. The molecule has 1 aliphatic carbocycles. The lowest BCUT2D eigenvalue weighted by atomic mass is 9.78. The zero-order valence-electron chi connectivity index (χ0n) is 50.0. The maximum atomic E-state index is 12.5. The van der Waals surface area contributed by atoms with Crippen molar-refractivity contribution in [2.45, 2.75) is 312 Å². The van der Waals surface area contributed by atoms with E-state index in [2.05, 4.69) is 41.5 Å². The summed E-state index contributed by atoms with van der Waals surface area (Å²) in [6.07, 6.45) is 33.7. The van der Waals surface area contributed by atoms with Crippen LogP contribution in [0.1, 0.15) is 300 Å². The number of aliphatic carboxylic acids is 1. The number of carboxylic acids is 1. The van der Waals surface area contributed by atoms with Gasteiger partial charge in [0.15, 0.2) is 0 Å². The van der Waals surface area contributed by atoms with Crippen molar-refractivity contribution in [3.05, 3.63) is 0 Å². The standard InChI is InChI=1S/C27H48O5.C18H32O5.C11H21NO2.C6H14/c1-3-5-7-9-11-13-18-31-26(29)21-23(20-25(28)24-16-15-17-24)22-27(30)32-19-14-12-10-8-6-4-2;1-3-5-6-7-8-9-11-23-18(22)14-15(13-17(20)21)12-16(19)10-4-2;1-5-9-7-6-8-12(9)10(13)14-11(2,3)4;1-3-5-6-4-2/h23-24H,3-22H2,1-2H3;15H,3-14H2,1-2H3,(H,20,21);9H,5-8H2,1-4H3;3-6H2,1-2H3/t;;9-;/m..1./s1. The quantitative estimate of drug-likeness (QED) is 0.0349. The molecule has 2 rings (SSSR count). The van der Waals surface area contributed by atoms with Gasteiger partial charge in [-0.15, -0.1) is 0 Å². The molecular formula is C62H115NO12. The van der Waals surface area contributed by atoms with Crippen LogP contribution in [-0.2, 0) is 47.7 Å². The van der Waals surface area contributed by atoms with E-state index in [0.29, 0.717) is 32.3 Å². The van der Waals surface area contributed by atoms with Gasteiger partial charge < -0.3 is 29.0 Å². The maximum Gasteiger partial charge on any atom is 0.410 e. The first-order chi connectivity index (χ1) is 35.9. The summed E-state index contributed by atoms with van der Waals surface area (Å²) >= 11 is 0. The third kappa shape index (κ3) is 46.3. The second-order valence-electron chi connectivity index (χ2n) is 22.3. The van der Waals surface area contributed by atoms with E-state index in [0.717, 1.165) is 96.4 Å². The molecule has 13 heteroatoms. The van der Waals surface area contributed by atoms with E-state index in [-0.39, 0.29) is 85.6 Å². The summed E-state index contributed by atoms with van der Waals surface area (Å²) in [7, 11) is 0. The number of esters is 3. The minimum absolute atomic E-state index is 0.0115. The molecule has 1 amide bonds. The van der Waals surface area contributed by atoms with E-state index in [1.54, 1.807) is 0 Å². The highest BCUT2D eigenvalue weighted by Gasteiger charge is 2.31. The van der Waals surface area contributed by atoms with Crippen LogP contribution in [0.2, 0.25) is 0 Å². The summed E-state index contributed by atoms with van der Waals surface area (Å²) in [5.41, 5.74) is -0.377. The van der Waals surface area contributed by atoms with Crippen molar-refractivity contribution in [3.63, 3.8) is 0 Å². The van der Waals surface area contributed by atoms with E-state index in [9.17, 15) is 33.6 Å². The average molecular weight is 1070 g/mol. The van der Waals surface area contributed by atoms with E-state index in [4.69, 9.17) is 24.1 Å². The van der Waals surface area contributed by atoms with Gasteiger partial charge in [-0.25, -0.2) is 4.79 Å². The van der Waals surface area contributed by atoms with Crippen LogP contribution in [0.15, 0.2) is 0 Å². The normalized spacial score (nSPS) is 14.4. The third-order valence-corrected chi connectivity index (χ3v) is 13.6. The fourth-order valence-corrected chi connectivity index (χ4v) is 8.97. The van der Waals surface area contributed by atoms with E-state index < -0.39 is 17.9 Å². The van der Waals surface area contributed by atoms with Crippen molar-refractivity contribution >= 4 is 41.5 Å². The number of ether oxygens (including phenoxy) is 4. The second-order valence-corrected chi connectivity index (χ2v) is 22.3. The molecule has 1 unspecified atom stereocenters. The van der Waals surface area contributed by atoms with Gasteiger partial charge in [-0.1, -0.05) is 177 Å². The van der Waals surface area contributed by atoms with Crippen molar-refractivity contribution < 1.29 is 57.6 Å². The molecule has 0 spiro atoms. The molecule has 2 fully saturated rings. The summed E-state index contributed by atoms with van der Waals surface area (Å²) in [4.78, 5) is 85.0. The number of rotatable bonds is 40. The van der Waals surface area contributed by atoms with E-state index >= 15 is 0 Å². The number of amides is 1. The van der Waals surface area contributed by atoms with Crippen LogP contribution in [0.5, 0.6) is 0 Å². The molecule has 0 aromatic heterocycles. The zero-order valence-corrected chi connectivity index (χ0v) is 50.0. The molecule has 75 heavy (non-hydrogen) atoms. The topological polar surface area (TPSA) is 180 Å². The van der Waals surface area contributed by atoms with Crippen LogP contribution in [0.3, 0.4) is 0 Å². The van der Waals surface area contributed by atoms with Gasteiger partial charge in [0.2, 0.25) is 0 Å². The Balaban J connectivity index is 0. The summed E-state index contributed by atoms with van der Waals surface area (Å²) in [6, 6.07) is 0.393. The molecule has 13 nitrogen and oxygen atoms in total. The van der Waals surface area contributed by atoms with Gasteiger partial charge >= 0.3 is 30.0 Å². The molecule has 440 valence electrons. The second kappa shape index (κ2) is 50.0. The molecule has 1 saturated carbocycles. The molecule has 1 heterocycles. The highest BCUT2D eigenvalue weighted by Crippen LogP contribution is 2.31. The minimum Gasteiger partial charge on any atom is -0.481 e. The van der Waals surface area contributed by atoms with E-state index in [1.165, 1.54) is 96.3 Å². The lowest BCUT2D eigenvalue weighted by Gasteiger charge is -2.28. The highest BCUT2D eigenvalue weighted by atomic mass is 16.6. The summed E-state index contributed by atoms with van der Waals surface area (Å²) in [5, 5.41) is 8.89. The molecule has 1 aliphatic heterocycles. The van der Waals surface area contributed by atoms with Crippen LogP contribution < -0.4 is 0 Å². The monoisotopic (exact) mass is 1070 g/mol. The van der Waals surface area contributed by atoms with E-state index in [1.807, 2.05) is 32.6 Å². The van der Waals surface area contributed by atoms with Gasteiger partial charge in [-0.2, -0.15) is 0 Å². The van der Waals surface area contributed by atoms with Crippen LogP contribution in [0.25, 0.3) is 0 Å². The molecule has 0 radical (unpaired) electrons. The maximum absolute atomic E-state index is 12.5. The first kappa shape index (κ1) is 73.6. The first-order valence-corrected chi connectivity index (χ1v) is 30.6. The fraction of sp³-hybridized carbons (Fsp3) is 0.887. The highest BCUT2D eigenvalue weighted by molar-refractivity contribution is 5.83. The number of Topliss-reactive ketones (excluding diaryl/α,β-unsaturated/α-hetero) is 2. The average Bonchev–Trinajstić information content (AvgIpc) is 3.82. The number of unbranched alkanes of at least 4 members (excludes halogenated alkanes) is 18. The summed E-state index contributed by atoms with van der Waals surface area (Å²) in [5.74, 6) is -2.41. The number of hydrogen-bond donors (Lipinski definition) is 1. The minimum atomic E-state index is -0.983. The number of carbonyl (C=O) groups is 7. The summed E-state index contributed by atoms with van der Waals surface area (Å²) < 4.78 is 21.3. The Bertz CT molecular complexity index is 1420. The number of nitrogens with zero attached hydrogens (tertiary/aromatic N) is 1. The smallest absolute Gasteiger partial charge is 0.410 e. The molecule has 2 aliphatic rings. The first-order valence-electron chi connectivity index (χ1n) is 30.6. The number of ketones is 2. The number of likely N-dealkylation sites (tertiary alicyclic amines) is 1. The predicted molar refractivity (Wildman–Crippen MR) is 304 cm³/mol. The molecular weight excluding hydrogens is 951 g/mol. The van der Waals surface area contributed by atoms with Gasteiger partial charge in [0.1, 0.15) is 17.2 Å². The molecule has 1 N–H and O–H groups in total. The lowest BCUT2D eigenvalue weighted by Crippen LogP contribution is -2.39. The Hall–Kier alpha value is -3.51. The van der Waals surface area contributed by atoms with Crippen LogP contribution in [-0.4, -0.2) is 89.6 Å². The van der Waals surface area contributed by atoms with Crippen molar-refractivity contribution in [1.29, 1.82) is 0 Å². The molecule has 1 saturated heterocycles. The number of hydrogen-bond acceptors (Lipinski definition) is 11. The fourth-order valence-electron chi connectivity index (χ4n) is 8.97. The number of carbonyl (C=O) groups excluding carboxylic acids is 6. The Morgan fingerprint density at radius 1 is 0.480 bits per heavy atom. The van der Waals surface area contributed by atoms with Crippen molar-refractivity contribution in [2.24, 2.45) is 17.8 Å². The summed E-state index contributed by atoms with van der Waals surface area (Å²) in [6.45, 7) is 22.8. The van der Waals surface area contributed by atoms with Crippen LogP contribution in [0.4, 0.5) is 4.79 Å². The molecule has 0 aromatic rings. The van der Waals surface area contributed by atoms with Crippen molar-refractivity contribution in [2.75, 3.05) is 26.4 Å². The SMILES string of the molecule is CCCCCC.CCCCCCCCOC(=O)CC(CC(=O)O)CC(=O)CCC.CCCCCCCCOC(=O)CC(CC(=O)OCCCCCCCC)CC(=O)C1CCC1.CC[C@@H]1CCCN1C(=O)OC(C)(C)C. The van der Waals surface area contributed by atoms with Crippen LogP contribution in [0, 0.1) is 17.8 Å². The molecule has 0 aromatic carbocycles. The Morgan fingerprint density at radius 3 is 1.21 bits per heavy atom. The Kier molecular flexibility index (Phi) is 49.1. The largest absolute Gasteiger partial charge is 0.481 e. The molecule has 0 bridgehead atoms. The molecule has 2 atom stereocenters. The van der Waals surface area contributed by atoms with Crippen molar-refractivity contribution in [1.82, 2.24) is 4.90 Å². The Morgan fingerprint density at radius 2 is 0.867 bits per heavy atom. The van der Waals surface area contributed by atoms with Gasteiger partial charge in [0.05, 0.1) is 19.8 Å². The van der Waals surface area contributed by atoms with Gasteiger partial charge in [-0.3, -0.25) is 28.8 Å². The zero-order chi connectivity index (χ0) is 56.5. The van der Waals surface area contributed by atoms with Crippen LogP contribution >= 0.6 is 0 Å². The van der Waals surface area contributed by atoms with Gasteiger partial charge in [-0.05, 0) is 90.4 Å². The third-order valence-electron chi connectivity index (χ3n) is 13.6. The predicted octanol–water partition coefficient (Wildman–Crippen LogP) is 16.5. The van der Waals surface area contributed by atoms with Gasteiger partial charge in [0, 0.05) is 63.5 Å². The van der Waals surface area contributed by atoms with Gasteiger partial charge in [0.25, 0.3) is 0 Å². The van der Waals surface area contributed by atoms with Crippen molar-refractivity contribution in [3.8, 4) is 0 Å². The Labute approximate surface area is 458 Å². The lowest BCUT2D eigenvalue weighted by molar-refractivity contribution is -0.149.